The summed E-state index contributed by atoms with van der Waals surface area (Å²) in [7, 11) is 1.56. The van der Waals surface area contributed by atoms with E-state index in [1.165, 1.54) is 6.92 Å². The molecule has 27 heavy (non-hydrogen) atoms. The van der Waals surface area contributed by atoms with Gasteiger partial charge in [-0.25, -0.2) is 9.78 Å². The fraction of sp³-hybridized carbons (Fsp3) is 0.150. The fourth-order valence-electron chi connectivity index (χ4n) is 2.43. The lowest BCUT2D eigenvalue weighted by Crippen LogP contribution is -2.30. The summed E-state index contributed by atoms with van der Waals surface area (Å²) in [6.45, 7) is 1.51. The number of nitrogens with one attached hydrogen (secondary N) is 1. The van der Waals surface area contributed by atoms with E-state index in [1.54, 1.807) is 61.7 Å². The summed E-state index contributed by atoms with van der Waals surface area (Å²) < 4.78 is 10.3. The molecule has 1 aromatic heterocycles. The Balaban J connectivity index is 1.65. The van der Waals surface area contributed by atoms with Crippen LogP contribution in [-0.2, 0) is 9.53 Å². The van der Waals surface area contributed by atoms with Crippen LogP contribution in [0.25, 0.3) is 10.9 Å². The molecule has 2 aromatic carbocycles. The van der Waals surface area contributed by atoms with Crippen molar-refractivity contribution in [1.82, 2.24) is 4.98 Å². The standard InChI is InChI=1S/C20H17ClN2O4/c1-12(19(24)22-15-5-7-16(26-2)8-6-15)27-20(25)14-3-9-17-13(11-14)4-10-18(21)23-17/h3-12H,1-2H3,(H,22,24). The topological polar surface area (TPSA) is 77.5 Å². The van der Waals surface area contributed by atoms with Gasteiger partial charge >= 0.3 is 5.97 Å². The van der Waals surface area contributed by atoms with Crippen LogP contribution in [0.5, 0.6) is 5.75 Å². The molecule has 0 spiro atoms. The van der Waals surface area contributed by atoms with E-state index in [4.69, 9.17) is 21.1 Å². The number of nitrogens with zero attached hydrogens (tertiary/aromatic N) is 1. The Kier molecular flexibility index (Phi) is 5.57. The summed E-state index contributed by atoms with van der Waals surface area (Å²) in [4.78, 5) is 28.7. The number of esters is 1. The van der Waals surface area contributed by atoms with Gasteiger partial charge < -0.3 is 14.8 Å². The van der Waals surface area contributed by atoms with Crippen LogP contribution < -0.4 is 10.1 Å². The van der Waals surface area contributed by atoms with Crippen LogP contribution >= 0.6 is 11.6 Å². The van der Waals surface area contributed by atoms with Crippen molar-refractivity contribution in [2.24, 2.45) is 0 Å². The average molecular weight is 385 g/mol. The largest absolute Gasteiger partial charge is 0.497 e. The number of carbonyl (C=O) groups is 2. The van der Waals surface area contributed by atoms with Crippen LogP contribution in [-0.4, -0.2) is 30.1 Å². The minimum Gasteiger partial charge on any atom is -0.497 e. The molecule has 6 nitrogen and oxygen atoms in total. The molecule has 1 N–H and O–H groups in total. The molecule has 0 aliphatic rings. The minimum absolute atomic E-state index is 0.329. The Bertz CT molecular complexity index is 989. The predicted molar refractivity (Wildman–Crippen MR) is 103 cm³/mol. The number of pyridine rings is 1. The fourth-order valence-corrected chi connectivity index (χ4v) is 2.58. The molecular formula is C20H17ClN2O4. The van der Waals surface area contributed by atoms with Gasteiger partial charge in [0.2, 0.25) is 0 Å². The van der Waals surface area contributed by atoms with Crippen molar-refractivity contribution < 1.29 is 19.1 Å². The summed E-state index contributed by atoms with van der Waals surface area (Å²) in [6, 6.07) is 15.2. The zero-order chi connectivity index (χ0) is 19.4. The van der Waals surface area contributed by atoms with E-state index in [0.29, 0.717) is 27.7 Å². The van der Waals surface area contributed by atoms with E-state index < -0.39 is 18.0 Å². The Morgan fingerprint density at radius 2 is 1.81 bits per heavy atom. The lowest BCUT2D eigenvalue weighted by atomic mass is 10.1. The first-order valence-electron chi connectivity index (χ1n) is 8.18. The van der Waals surface area contributed by atoms with Crippen LogP contribution in [0.15, 0.2) is 54.6 Å². The quantitative estimate of drug-likeness (QED) is 0.529. The highest BCUT2D eigenvalue weighted by atomic mass is 35.5. The van der Waals surface area contributed by atoms with Gasteiger partial charge in [0, 0.05) is 11.1 Å². The summed E-state index contributed by atoms with van der Waals surface area (Å²) in [6.07, 6.45) is -0.960. The van der Waals surface area contributed by atoms with E-state index in [1.807, 2.05) is 0 Å². The van der Waals surface area contributed by atoms with Gasteiger partial charge in [0.05, 0.1) is 18.2 Å². The van der Waals surface area contributed by atoms with Gasteiger partial charge in [0.1, 0.15) is 10.9 Å². The molecule has 7 heteroatoms. The smallest absolute Gasteiger partial charge is 0.338 e. The van der Waals surface area contributed by atoms with Crippen LogP contribution in [0.1, 0.15) is 17.3 Å². The van der Waals surface area contributed by atoms with Crippen molar-refractivity contribution in [1.29, 1.82) is 0 Å². The Morgan fingerprint density at radius 1 is 1.07 bits per heavy atom. The number of methoxy groups -OCH3 is 1. The second kappa shape index (κ2) is 8.05. The zero-order valence-electron chi connectivity index (χ0n) is 14.7. The molecule has 0 saturated carbocycles. The first-order valence-corrected chi connectivity index (χ1v) is 8.56. The Labute approximate surface area is 161 Å². The number of ether oxygens (including phenoxy) is 2. The third kappa shape index (κ3) is 4.54. The maximum Gasteiger partial charge on any atom is 0.338 e. The van der Waals surface area contributed by atoms with Gasteiger partial charge in [-0.2, -0.15) is 0 Å². The van der Waals surface area contributed by atoms with Gasteiger partial charge in [0.25, 0.3) is 5.91 Å². The van der Waals surface area contributed by atoms with Gasteiger partial charge in [-0.1, -0.05) is 11.6 Å². The monoisotopic (exact) mass is 384 g/mol. The molecule has 0 aliphatic carbocycles. The number of carbonyl (C=O) groups excluding carboxylic acids is 2. The highest BCUT2D eigenvalue weighted by Crippen LogP contribution is 2.19. The summed E-state index contributed by atoms with van der Waals surface area (Å²) >= 11 is 5.85. The number of fused-ring (bicyclic) bond motifs is 1. The number of aromatic nitrogens is 1. The summed E-state index contributed by atoms with van der Waals surface area (Å²) in [5.74, 6) is -0.341. The SMILES string of the molecule is COc1ccc(NC(=O)C(C)OC(=O)c2ccc3nc(Cl)ccc3c2)cc1. The van der Waals surface area contributed by atoms with Crippen LogP contribution in [0, 0.1) is 0 Å². The van der Waals surface area contributed by atoms with Gasteiger partial charge in [-0.05, 0) is 61.5 Å². The van der Waals surface area contributed by atoms with Crippen molar-refractivity contribution in [2.75, 3.05) is 12.4 Å². The molecule has 1 amide bonds. The highest BCUT2D eigenvalue weighted by molar-refractivity contribution is 6.29. The van der Waals surface area contributed by atoms with Gasteiger partial charge in [-0.3, -0.25) is 4.79 Å². The molecular weight excluding hydrogens is 368 g/mol. The molecule has 138 valence electrons. The molecule has 1 unspecified atom stereocenters. The second-order valence-electron chi connectivity index (χ2n) is 5.81. The van der Waals surface area contributed by atoms with Crippen molar-refractivity contribution in [3.63, 3.8) is 0 Å². The van der Waals surface area contributed by atoms with Crippen molar-refractivity contribution >= 4 is 40.1 Å². The highest BCUT2D eigenvalue weighted by Gasteiger charge is 2.19. The molecule has 1 heterocycles. The minimum atomic E-state index is -0.960. The number of amides is 1. The lowest BCUT2D eigenvalue weighted by Gasteiger charge is -2.14. The van der Waals surface area contributed by atoms with Gasteiger partial charge in [0.15, 0.2) is 6.10 Å². The molecule has 0 radical (unpaired) electrons. The molecule has 0 bridgehead atoms. The number of benzene rings is 2. The molecule has 0 fully saturated rings. The number of rotatable bonds is 5. The van der Waals surface area contributed by atoms with E-state index in [9.17, 15) is 9.59 Å². The van der Waals surface area contributed by atoms with E-state index in [0.717, 1.165) is 5.39 Å². The number of halogens is 1. The van der Waals surface area contributed by atoms with Crippen molar-refractivity contribution in [3.8, 4) is 5.75 Å². The average Bonchev–Trinajstić information content (AvgIpc) is 2.68. The molecule has 3 rings (SSSR count). The molecule has 1 atom stereocenters. The third-order valence-electron chi connectivity index (χ3n) is 3.90. The van der Waals surface area contributed by atoms with Crippen LogP contribution in [0.3, 0.4) is 0 Å². The number of hydrogen-bond acceptors (Lipinski definition) is 5. The van der Waals surface area contributed by atoms with E-state index in [2.05, 4.69) is 10.3 Å². The maximum atomic E-state index is 12.3. The summed E-state index contributed by atoms with van der Waals surface area (Å²) in [5, 5.41) is 3.82. The van der Waals surface area contributed by atoms with E-state index >= 15 is 0 Å². The predicted octanol–water partition coefficient (Wildman–Crippen LogP) is 4.08. The Hall–Kier alpha value is -3.12. The van der Waals surface area contributed by atoms with Gasteiger partial charge in [-0.15, -0.1) is 0 Å². The Morgan fingerprint density at radius 3 is 2.52 bits per heavy atom. The first-order chi connectivity index (χ1) is 13.0. The number of anilines is 1. The molecule has 0 aliphatic heterocycles. The van der Waals surface area contributed by atoms with Crippen LogP contribution in [0.2, 0.25) is 5.15 Å². The van der Waals surface area contributed by atoms with E-state index in [-0.39, 0.29) is 0 Å². The molecule has 0 saturated heterocycles. The normalized spacial score (nSPS) is 11.7. The molecule has 3 aromatic rings. The second-order valence-corrected chi connectivity index (χ2v) is 6.19. The maximum absolute atomic E-state index is 12.3. The van der Waals surface area contributed by atoms with Crippen molar-refractivity contribution in [3.05, 3.63) is 65.3 Å². The zero-order valence-corrected chi connectivity index (χ0v) is 15.5. The first kappa shape index (κ1) is 18.7. The lowest BCUT2D eigenvalue weighted by molar-refractivity contribution is -0.123. The summed E-state index contributed by atoms with van der Waals surface area (Å²) in [5.41, 5.74) is 1.58. The number of hydrogen-bond donors (Lipinski definition) is 1. The van der Waals surface area contributed by atoms with Crippen molar-refractivity contribution in [2.45, 2.75) is 13.0 Å². The van der Waals surface area contributed by atoms with Crippen LogP contribution in [0.4, 0.5) is 5.69 Å². The third-order valence-corrected chi connectivity index (χ3v) is 4.11.